The SMILES string of the molecule is C=C(C=NC(=CC)c1ccccc1)c1cnn2c(N)cc(C3CCC4(CC3)NC(=O)NC4=O)nc12. The lowest BCUT2D eigenvalue weighted by molar-refractivity contribution is -0.125. The molecule has 4 N–H and O–H groups in total. The fourth-order valence-electron chi connectivity index (χ4n) is 4.87. The molecule has 3 amide bonds. The number of fused-ring (bicyclic) bond motifs is 1. The van der Waals surface area contributed by atoms with Gasteiger partial charge in [-0.25, -0.2) is 9.78 Å². The molecule has 1 aliphatic carbocycles. The Kier molecular flexibility index (Phi) is 5.68. The van der Waals surface area contributed by atoms with E-state index in [9.17, 15) is 9.59 Å². The zero-order valence-corrected chi connectivity index (χ0v) is 19.5. The number of aliphatic imine (C=N–C) groups is 1. The first kappa shape index (κ1) is 22.5. The molecule has 178 valence electrons. The van der Waals surface area contributed by atoms with E-state index in [0.29, 0.717) is 42.7 Å². The van der Waals surface area contributed by atoms with Crippen LogP contribution < -0.4 is 16.4 Å². The number of nitrogens with one attached hydrogen (secondary N) is 2. The van der Waals surface area contributed by atoms with Gasteiger partial charge < -0.3 is 11.1 Å². The minimum atomic E-state index is -0.807. The Labute approximate surface area is 202 Å². The molecule has 1 spiro atoms. The molecule has 1 aromatic carbocycles. The van der Waals surface area contributed by atoms with Gasteiger partial charge in [0.25, 0.3) is 5.91 Å². The molecule has 5 rings (SSSR count). The molecule has 1 saturated heterocycles. The third-order valence-corrected chi connectivity index (χ3v) is 6.84. The lowest BCUT2D eigenvalue weighted by Crippen LogP contribution is -2.49. The molecule has 2 fully saturated rings. The Bertz CT molecular complexity index is 1380. The molecule has 2 aromatic heterocycles. The Hall–Kier alpha value is -4.27. The molecule has 3 heterocycles. The van der Waals surface area contributed by atoms with Gasteiger partial charge in [0, 0.05) is 29.5 Å². The average molecular weight is 470 g/mol. The summed E-state index contributed by atoms with van der Waals surface area (Å²) in [6.07, 6.45) is 7.90. The van der Waals surface area contributed by atoms with E-state index < -0.39 is 11.6 Å². The fraction of sp³-hybridized carbons (Fsp3) is 0.269. The van der Waals surface area contributed by atoms with Crippen LogP contribution in [0, 0.1) is 0 Å². The summed E-state index contributed by atoms with van der Waals surface area (Å²) in [5.41, 5.74) is 10.3. The summed E-state index contributed by atoms with van der Waals surface area (Å²) >= 11 is 0. The number of allylic oxidation sites excluding steroid dienone is 2. The molecule has 3 aromatic rings. The quantitative estimate of drug-likeness (QED) is 0.388. The van der Waals surface area contributed by atoms with Crippen LogP contribution in [0.5, 0.6) is 0 Å². The smallest absolute Gasteiger partial charge is 0.322 e. The Morgan fingerprint density at radius 2 is 2.00 bits per heavy atom. The van der Waals surface area contributed by atoms with Gasteiger partial charge in [-0.3, -0.25) is 15.1 Å². The van der Waals surface area contributed by atoms with Crippen molar-refractivity contribution in [3.63, 3.8) is 0 Å². The molecular formula is C26H27N7O2. The number of hydrogen-bond donors (Lipinski definition) is 3. The Balaban J connectivity index is 1.39. The summed E-state index contributed by atoms with van der Waals surface area (Å²) in [6, 6.07) is 11.4. The highest BCUT2D eigenvalue weighted by Gasteiger charge is 2.48. The van der Waals surface area contributed by atoms with Crippen molar-refractivity contribution in [1.82, 2.24) is 25.2 Å². The molecule has 9 nitrogen and oxygen atoms in total. The van der Waals surface area contributed by atoms with Gasteiger partial charge in [0.05, 0.1) is 11.9 Å². The first-order valence-electron chi connectivity index (χ1n) is 11.6. The highest BCUT2D eigenvalue weighted by Crippen LogP contribution is 2.39. The maximum atomic E-state index is 12.3. The summed E-state index contributed by atoms with van der Waals surface area (Å²) in [5.74, 6) is 0.357. The molecule has 1 aliphatic heterocycles. The van der Waals surface area contributed by atoms with Crippen LogP contribution in [0.4, 0.5) is 10.6 Å². The second-order valence-corrected chi connectivity index (χ2v) is 8.99. The number of hydrogen-bond acceptors (Lipinski definition) is 6. The molecular weight excluding hydrogens is 442 g/mol. The standard InChI is InChI=1S/C26H27N7O2/c1-3-20(17-7-5-4-6-8-17)28-14-16(2)19-15-29-33-22(27)13-21(30-23(19)33)18-9-11-26(12-10-18)24(34)31-25(35)32-26/h3-8,13-15,18H,2,9-12,27H2,1H3,(H2,31,32,34,35). The van der Waals surface area contributed by atoms with Gasteiger partial charge in [-0.15, -0.1) is 0 Å². The highest BCUT2D eigenvalue weighted by molar-refractivity contribution is 6.12. The predicted molar refractivity (Wildman–Crippen MR) is 136 cm³/mol. The van der Waals surface area contributed by atoms with Crippen molar-refractivity contribution < 1.29 is 9.59 Å². The molecule has 35 heavy (non-hydrogen) atoms. The van der Waals surface area contributed by atoms with E-state index in [-0.39, 0.29) is 11.8 Å². The van der Waals surface area contributed by atoms with Crippen LogP contribution in [0.3, 0.4) is 0 Å². The zero-order chi connectivity index (χ0) is 24.6. The molecule has 9 heteroatoms. The number of benzene rings is 1. The summed E-state index contributed by atoms with van der Waals surface area (Å²) in [7, 11) is 0. The summed E-state index contributed by atoms with van der Waals surface area (Å²) in [5, 5.41) is 9.55. The van der Waals surface area contributed by atoms with Gasteiger partial charge >= 0.3 is 6.03 Å². The van der Waals surface area contributed by atoms with Crippen molar-refractivity contribution in [3.8, 4) is 0 Å². The van der Waals surface area contributed by atoms with E-state index in [1.165, 1.54) is 0 Å². The van der Waals surface area contributed by atoms with Crippen molar-refractivity contribution in [2.75, 3.05) is 5.73 Å². The molecule has 0 radical (unpaired) electrons. The van der Waals surface area contributed by atoms with Crippen LogP contribution in [0.15, 0.2) is 60.2 Å². The van der Waals surface area contributed by atoms with E-state index in [0.717, 1.165) is 22.5 Å². The number of urea groups is 1. The first-order chi connectivity index (χ1) is 16.9. The lowest BCUT2D eigenvalue weighted by atomic mass is 9.75. The number of carbonyl (C=O) groups excluding carboxylic acids is 2. The van der Waals surface area contributed by atoms with E-state index in [1.807, 2.05) is 49.4 Å². The van der Waals surface area contributed by atoms with Crippen LogP contribution in [-0.2, 0) is 4.79 Å². The number of nitrogens with zero attached hydrogens (tertiary/aromatic N) is 4. The zero-order valence-electron chi connectivity index (χ0n) is 19.5. The Morgan fingerprint density at radius 3 is 2.66 bits per heavy atom. The third-order valence-electron chi connectivity index (χ3n) is 6.84. The van der Waals surface area contributed by atoms with E-state index >= 15 is 0 Å². The van der Waals surface area contributed by atoms with Crippen LogP contribution >= 0.6 is 0 Å². The lowest BCUT2D eigenvalue weighted by Gasteiger charge is -2.34. The van der Waals surface area contributed by atoms with Crippen molar-refractivity contribution >= 4 is 40.9 Å². The number of nitrogen functional groups attached to an aromatic ring is 1. The maximum Gasteiger partial charge on any atom is 0.322 e. The highest BCUT2D eigenvalue weighted by atomic mass is 16.2. The van der Waals surface area contributed by atoms with Gasteiger partial charge in [-0.2, -0.15) is 9.61 Å². The van der Waals surface area contributed by atoms with Crippen molar-refractivity contribution in [3.05, 3.63) is 72.1 Å². The predicted octanol–water partition coefficient (Wildman–Crippen LogP) is 3.69. The fourth-order valence-corrected chi connectivity index (χ4v) is 4.87. The average Bonchev–Trinajstić information content (AvgIpc) is 3.41. The van der Waals surface area contributed by atoms with Crippen molar-refractivity contribution in [1.29, 1.82) is 0 Å². The van der Waals surface area contributed by atoms with E-state index in [4.69, 9.17) is 10.7 Å². The summed E-state index contributed by atoms with van der Waals surface area (Å²) < 4.78 is 1.60. The monoisotopic (exact) mass is 469 g/mol. The molecule has 0 atom stereocenters. The van der Waals surface area contributed by atoms with Crippen molar-refractivity contribution in [2.24, 2.45) is 4.99 Å². The van der Waals surface area contributed by atoms with Crippen LogP contribution in [-0.4, -0.2) is 38.3 Å². The number of imide groups is 1. The van der Waals surface area contributed by atoms with Gasteiger partial charge in [0.2, 0.25) is 0 Å². The second-order valence-electron chi connectivity index (χ2n) is 8.99. The first-order valence-corrected chi connectivity index (χ1v) is 11.6. The van der Waals surface area contributed by atoms with Gasteiger partial charge in [0.15, 0.2) is 5.65 Å². The van der Waals surface area contributed by atoms with Crippen LogP contribution in [0.1, 0.15) is 55.3 Å². The number of amides is 3. The Morgan fingerprint density at radius 1 is 1.26 bits per heavy atom. The van der Waals surface area contributed by atoms with Crippen LogP contribution in [0.2, 0.25) is 0 Å². The number of rotatable bonds is 5. The normalized spacial score (nSPS) is 22.7. The molecule has 0 unspecified atom stereocenters. The molecule has 0 bridgehead atoms. The number of anilines is 1. The maximum absolute atomic E-state index is 12.3. The van der Waals surface area contributed by atoms with Crippen LogP contribution in [0.25, 0.3) is 16.9 Å². The number of nitrogens with two attached hydrogens (primary N) is 1. The topological polar surface area (TPSA) is 127 Å². The summed E-state index contributed by atoms with van der Waals surface area (Å²) in [6.45, 7) is 6.13. The minimum Gasteiger partial charge on any atom is -0.384 e. The molecule has 1 saturated carbocycles. The van der Waals surface area contributed by atoms with Gasteiger partial charge in [-0.1, -0.05) is 43.0 Å². The third kappa shape index (κ3) is 4.09. The largest absolute Gasteiger partial charge is 0.384 e. The summed E-state index contributed by atoms with van der Waals surface area (Å²) in [4.78, 5) is 33.4. The van der Waals surface area contributed by atoms with E-state index in [2.05, 4.69) is 27.3 Å². The second kappa shape index (κ2) is 8.83. The van der Waals surface area contributed by atoms with Gasteiger partial charge in [-0.05, 0) is 43.7 Å². The van der Waals surface area contributed by atoms with Gasteiger partial charge in [0.1, 0.15) is 11.4 Å². The minimum absolute atomic E-state index is 0.121. The number of carbonyl (C=O) groups is 2. The molecule has 2 aliphatic rings. The number of aromatic nitrogens is 3. The van der Waals surface area contributed by atoms with Crippen molar-refractivity contribution in [2.45, 2.75) is 44.1 Å². The van der Waals surface area contributed by atoms with E-state index in [1.54, 1.807) is 16.9 Å².